The maximum Gasteiger partial charge on any atom is 0.434 e. The van der Waals surface area contributed by atoms with E-state index in [-0.39, 0.29) is 69.2 Å². The molecule has 1 amide bonds. The number of nitrogens with zero attached hydrogens (tertiary/aromatic N) is 5. The highest BCUT2D eigenvalue weighted by Crippen LogP contribution is 2.54. The van der Waals surface area contributed by atoms with E-state index >= 15 is 0 Å². The third kappa shape index (κ3) is 5.39. The summed E-state index contributed by atoms with van der Waals surface area (Å²) in [5, 5.41) is 0.0483. The largest absolute Gasteiger partial charge is 0.434 e. The minimum atomic E-state index is -4.79. The molecule has 2 aliphatic heterocycles. The first-order chi connectivity index (χ1) is 19.6. The van der Waals surface area contributed by atoms with Crippen LogP contribution in [0.5, 0.6) is 0 Å². The molecule has 42 heavy (non-hydrogen) atoms. The van der Waals surface area contributed by atoms with Gasteiger partial charge in [-0.3, -0.25) is 9.36 Å². The number of alkyl halides is 6. The summed E-state index contributed by atoms with van der Waals surface area (Å²) in [6, 6.07) is 1.96. The highest BCUT2D eigenvalue weighted by Gasteiger charge is 2.39. The number of piperazine rings is 1. The van der Waals surface area contributed by atoms with E-state index in [1.807, 2.05) is 0 Å². The summed E-state index contributed by atoms with van der Waals surface area (Å²) in [6.45, 7) is 7.40. The molecule has 0 aliphatic carbocycles. The van der Waals surface area contributed by atoms with E-state index in [0.717, 1.165) is 18.2 Å². The Hall–Kier alpha value is -3.11. The Morgan fingerprint density at radius 3 is 2.31 bits per heavy atom. The fourth-order valence-electron chi connectivity index (χ4n) is 5.64. The summed E-state index contributed by atoms with van der Waals surface area (Å²) in [6.07, 6.45) is -9.02. The molecule has 16 heteroatoms. The van der Waals surface area contributed by atoms with Gasteiger partial charge >= 0.3 is 18.0 Å². The number of rotatable bonds is 4. The standard InChI is InChI=1S/C26H27F6N5O3S2/c1-5-20(38)37-13(2)9-35(10-14(37)3)23-17-6-15(25(27,28)29)7-18-22(17)36(24(39)33-23)11-16(40-4)12-42(18)21-8-19(34-41-21)26(30,31)32/h5-8,13-14,16,42H,1,9-12H2,2-4H3/t13-,14+,16-/m0/s1. The predicted octanol–water partition coefficient (Wildman–Crippen LogP) is 4.95. The molecule has 0 N–H and O–H groups in total. The van der Waals surface area contributed by atoms with Gasteiger partial charge in [0.25, 0.3) is 0 Å². The Morgan fingerprint density at radius 2 is 1.76 bits per heavy atom. The molecule has 0 saturated carbocycles. The van der Waals surface area contributed by atoms with Crippen molar-refractivity contribution in [3.05, 3.63) is 52.6 Å². The van der Waals surface area contributed by atoms with Crippen molar-refractivity contribution in [2.75, 3.05) is 30.9 Å². The SMILES string of the molecule is C=CC(=O)N1[C@H](C)CN(c2nc(=O)n3c4c(cc(C(F)(F)F)cc24)[SH](c2cc(C(F)(F)F)ns2)C[C@@H](OC)C3)C[C@@H]1C. The van der Waals surface area contributed by atoms with Gasteiger partial charge in [-0.05, 0) is 49.7 Å². The number of thiol groups is 1. The number of ether oxygens (including phenoxy) is 1. The number of benzene rings is 1. The molecule has 4 heterocycles. The molecule has 3 aromatic rings. The van der Waals surface area contributed by atoms with Gasteiger partial charge in [-0.1, -0.05) is 6.58 Å². The van der Waals surface area contributed by atoms with Crippen LogP contribution in [0.1, 0.15) is 25.1 Å². The van der Waals surface area contributed by atoms with E-state index < -0.39 is 46.3 Å². The fraction of sp³-hybridized carbons (Fsp3) is 0.462. The summed E-state index contributed by atoms with van der Waals surface area (Å²) in [5.41, 5.74) is -2.68. The summed E-state index contributed by atoms with van der Waals surface area (Å²) < 4.78 is 93.7. The summed E-state index contributed by atoms with van der Waals surface area (Å²) in [5.74, 6) is -0.197. The van der Waals surface area contributed by atoms with Crippen molar-refractivity contribution in [3.63, 3.8) is 0 Å². The van der Waals surface area contributed by atoms with Crippen LogP contribution in [0.2, 0.25) is 0 Å². The van der Waals surface area contributed by atoms with Crippen molar-refractivity contribution < 1.29 is 35.9 Å². The van der Waals surface area contributed by atoms with E-state index in [1.54, 1.807) is 23.6 Å². The first-order valence-corrected chi connectivity index (χ1v) is 15.1. The first kappa shape index (κ1) is 30.4. The van der Waals surface area contributed by atoms with E-state index in [0.29, 0.717) is 11.5 Å². The third-order valence-electron chi connectivity index (χ3n) is 7.46. The van der Waals surface area contributed by atoms with Gasteiger partial charge in [0.2, 0.25) is 5.91 Å². The number of hydrogen-bond donors (Lipinski definition) is 1. The lowest BCUT2D eigenvalue weighted by atomic mass is 10.1. The zero-order valence-electron chi connectivity index (χ0n) is 22.7. The molecule has 8 nitrogen and oxygen atoms in total. The summed E-state index contributed by atoms with van der Waals surface area (Å²) in [4.78, 5) is 33.6. The Labute approximate surface area is 243 Å². The smallest absolute Gasteiger partial charge is 0.379 e. The van der Waals surface area contributed by atoms with Gasteiger partial charge in [-0.15, -0.1) is 0 Å². The lowest BCUT2D eigenvalue weighted by molar-refractivity contribution is -0.140. The average molecular weight is 636 g/mol. The summed E-state index contributed by atoms with van der Waals surface area (Å²) in [7, 11) is -0.476. The molecule has 1 unspecified atom stereocenters. The zero-order valence-corrected chi connectivity index (χ0v) is 24.4. The minimum Gasteiger partial charge on any atom is -0.379 e. The lowest BCUT2D eigenvalue weighted by Crippen LogP contribution is -2.58. The van der Waals surface area contributed by atoms with Crippen LogP contribution in [-0.4, -0.2) is 68.9 Å². The maximum absolute atomic E-state index is 14.3. The van der Waals surface area contributed by atoms with Gasteiger partial charge in [-0.25, -0.2) is 4.79 Å². The average Bonchev–Trinajstić information content (AvgIpc) is 3.34. The Balaban J connectivity index is 1.77. The molecular weight excluding hydrogens is 608 g/mol. The highest BCUT2D eigenvalue weighted by molar-refractivity contribution is 8.18. The van der Waals surface area contributed by atoms with Crippen LogP contribution >= 0.6 is 22.4 Å². The predicted molar refractivity (Wildman–Crippen MR) is 147 cm³/mol. The van der Waals surface area contributed by atoms with Crippen LogP contribution in [0.25, 0.3) is 10.9 Å². The third-order valence-corrected chi connectivity index (χ3v) is 11.3. The van der Waals surface area contributed by atoms with Crippen molar-refractivity contribution in [1.82, 2.24) is 18.8 Å². The Bertz CT molecular complexity index is 1590. The van der Waals surface area contributed by atoms with Crippen molar-refractivity contribution in [3.8, 4) is 0 Å². The normalized spacial score (nSPS) is 24.1. The monoisotopic (exact) mass is 635 g/mol. The number of anilines is 1. The molecule has 228 valence electrons. The van der Waals surface area contributed by atoms with Gasteiger partial charge in [0.05, 0.1) is 27.9 Å². The number of carbonyl (C=O) groups excluding carboxylic acids is 1. The van der Waals surface area contributed by atoms with Gasteiger partial charge in [0, 0.05) is 48.3 Å². The van der Waals surface area contributed by atoms with E-state index in [9.17, 15) is 35.9 Å². The Morgan fingerprint density at radius 1 is 1.10 bits per heavy atom. The van der Waals surface area contributed by atoms with E-state index in [4.69, 9.17) is 4.74 Å². The quantitative estimate of drug-likeness (QED) is 0.249. The van der Waals surface area contributed by atoms with Crippen LogP contribution in [0.15, 0.2) is 44.8 Å². The van der Waals surface area contributed by atoms with Crippen LogP contribution in [0.4, 0.5) is 32.2 Å². The van der Waals surface area contributed by atoms with Crippen LogP contribution in [0, 0.1) is 0 Å². The van der Waals surface area contributed by atoms with Crippen molar-refractivity contribution >= 4 is 45.1 Å². The molecule has 2 aromatic heterocycles. The second-order valence-corrected chi connectivity index (χ2v) is 13.6. The topological polar surface area (TPSA) is 80.6 Å². The molecule has 2 aliphatic rings. The lowest BCUT2D eigenvalue weighted by Gasteiger charge is -2.44. The van der Waals surface area contributed by atoms with Gasteiger partial charge in [-0.2, -0.15) is 46.6 Å². The minimum absolute atomic E-state index is 0.0223. The van der Waals surface area contributed by atoms with Crippen molar-refractivity contribution in [2.24, 2.45) is 0 Å². The maximum atomic E-state index is 14.3. The van der Waals surface area contributed by atoms with Crippen LogP contribution in [0.3, 0.4) is 0 Å². The number of hydrogen-bond acceptors (Lipinski definition) is 7. The highest BCUT2D eigenvalue weighted by atomic mass is 32.2. The number of carbonyl (C=O) groups is 1. The second kappa shape index (κ2) is 10.9. The number of methoxy groups -OCH3 is 1. The van der Waals surface area contributed by atoms with Crippen LogP contribution < -0.4 is 10.6 Å². The van der Waals surface area contributed by atoms with E-state index in [1.165, 1.54) is 17.8 Å². The van der Waals surface area contributed by atoms with Crippen molar-refractivity contribution in [2.45, 2.75) is 60.0 Å². The summed E-state index contributed by atoms with van der Waals surface area (Å²) >= 11 is 0.582. The molecule has 4 atom stereocenters. The molecule has 1 fully saturated rings. The molecule has 1 aromatic carbocycles. The molecule has 5 rings (SSSR count). The number of amides is 1. The molecule has 0 bridgehead atoms. The second-order valence-electron chi connectivity index (χ2n) is 10.3. The van der Waals surface area contributed by atoms with Crippen molar-refractivity contribution in [1.29, 1.82) is 0 Å². The first-order valence-electron chi connectivity index (χ1n) is 12.8. The molecular formula is C26H27F6N5O3S2. The number of halogens is 6. The van der Waals surface area contributed by atoms with Gasteiger partial charge in [0.15, 0.2) is 5.69 Å². The molecule has 0 spiro atoms. The zero-order chi connectivity index (χ0) is 30.7. The molecule has 0 radical (unpaired) electrons. The van der Waals surface area contributed by atoms with Gasteiger partial charge in [0.1, 0.15) is 5.82 Å². The van der Waals surface area contributed by atoms with E-state index in [2.05, 4.69) is 15.9 Å². The Kier molecular flexibility index (Phi) is 7.85. The fourth-order valence-corrected chi connectivity index (χ4v) is 9.55. The van der Waals surface area contributed by atoms with Crippen LogP contribution in [-0.2, 0) is 28.4 Å². The molecule has 1 saturated heterocycles. The van der Waals surface area contributed by atoms with Gasteiger partial charge < -0.3 is 14.5 Å². The number of aromatic nitrogens is 3.